The molecule has 1 heterocycles. The number of methoxy groups -OCH3 is 2. The molecule has 0 aromatic heterocycles. The number of ether oxygens (including phenoxy) is 4. The maximum atomic E-state index is 11.7. The van der Waals surface area contributed by atoms with E-state index in [0.717, 1.165) is 5.56 Å². The van der Waals surface area contributed by atoms with Gasteiger partial charge in [0.25, 0.3) is 0 Å². The number of thioether (sulfide) groups is 2. The van der Waals surface area contributed by atoms with Crippen molar-refractivity contribution in [2.75, 3.05) is 27.4 Å². The van der Waals surface area contributed by atoms with Gasteiger partial charge < -0.3 is 18.9 Å². The van der Waals surface area contributed by atoms with Gasteiger partial charge in [-0.2, -0.15) is 10.5 Å². The third-order valence-corrected chi connectivity index (χ3v) is 6.53. The molecule has 0 N–H and O–H groups in total. The van der Waals surface area contributed by atoms with Crippen LogP contribution in [0.2, 0.25) is 0 Å². The smallest absolute Gasteiger partial charge is 0.343 e. The average Bonchev–Trinajstić information content (AvgIpc) is 3.15. The van der Waals surface area contributed by atoms with Crippen molar-refractivity contribution in [3.8, 4) is 23.6 Å². The second-order valence-corrected chi connectivity index (χ2v) is 9.28. The lowest BCUT2D eigenvalue weighted by atomic mass is 9.86. The fraction of sp³-hybridized carbons (Fsp3) is 0.400. The monoisotopic (exact) mass is 448 g/mol. The molecule has 1 aliphatic heterocycles. The van der Waals surface area contributed by atoms with Crippen LogP contribution in [0.3, 0.4) is 0 Å². The van der Waals surface area contributed by atoms with Crippen molar-refractivity contribution in [2.45, 2.75) is 36.0 Å². The molecule has 1 aromatic carbocycles. The number of hydrogen-bond acceptors (Lipinski definition) is 10. The summed E-state index contributed by atoms with van der Waals surface area (Å²) in [6, 6.07) is 5.50. The molecule has 0 unspecified atom stereocenters. The van der Waals surface area contributed by atoms with E-state index in [9.17, 15) is 20.1 Å². The number of nitriles is 2. The second kappa shape index (κ2) is 9.79. The van der Waals surface area contributed by atoms with Crippen LogP contribution < -0.4 is 9.47 Å². The molecule has 0 bridgehead atoms. The third kappa shape index (κ3) is 5.21. The maximum Gasteiger partial charge on any atom is 0.343 e. The molecule has 0 spiro atoms. The van der Waals surface area contributed by atoms with Gasteiger partial charge in [0.1, 0.15) is 29.2 Å². The molecule has 1 aromatic rings. The van der Waals surface area contributed by atoms with E-state index in [2.05, 4.69) is 9.47 Å². The van der Waals surface area contributed by atoms with Gasteiger partial charge in [0, 0.05) is 5.56 Å². The summed E-state index contributed by atoms with van der Waals surface area (Å²) >= 11 is 2.37. The maximum absolute atomic E-state index is 11.7. The zero-order valence-electron chi connectivity index (χ0n) is 17.2. The Morgan fingerprint density at radius 1 is 0.967 bits per heavy atom. The Morgan fingerprint density at radius 2 is 1.50 bits per heavy atom. The Hall–Kier alpha value is -2.82. The average molecular weight is 449 g/mol. The quantitative estimate of drug-likeness (QED) is 0.472. The summed E-state index contributed by atoms with van der Waals surface area (Å²) in [4.78, 5) is 24.4. The third-order valence-electron chi connectivity index (χ3n) is 3.92. The largest absolute Gasteiger partial charge is 0.481 e. The molecular formula is C20H20N2O6S2. The minimum absolute atomic E-state index is 0.0451. The van der Waals surface area contributed by atoms with Crippen molar-refractivity contribution < 1.29 is 28.5 Å². The molecule has 30 heavy (non-hydrogen) atoms. The van der Waals surface area contributed by atoms with Crippen LogP contribution in [0, 0.1) is 22.7 Å². The highest BCUT2D eigenvalue weighted by atomic mass is 32.2. The van der Waals surface area contributed by atoms with Gasteiger partial charge in [0.05, 0.1) is 28.2 Å². The van der Waals surface area contributed by atoms with E-state index in [1.165, 1.54) is 37.7 Å². The number of rotatable bonds is 6. The molecule has 1 aliphatic rings. The lowest BCUT2D eigenvalue weighted by Crippen LogP contribution is -2.19. The molecule has 0 saturated heterocycles. The van der Waals surface area contributed by atoms with E-state index < -0.39 is 17.4 Å². The summed E-state index contributed by atoms with van der Waals surface area (Å²) in [5.41, 5.74) is 0.278. The fourth-order valence-corrected chi connectivity index (χ4v) is 4.94. The number of hydrogen-bond donors (Lipinski definition) is 0. The van der Waals surface area contributed by atoms with Gasteiger partial charge in [-0.3, -0.25) is 0 Å². The molecule has 0 fully saturated rings. The molecule has 0 atom stereocenters. The number of fused-ring (bicyclic) bond motifs is 1. The fourth-order valence-electron chi connectivity index (χ4n) is 2.41. The van der Waals surface area contributed by atoms with Crippen molar-refractivity contribution in [1.82, 2.24) is 0 Å². The highest BCUT2D eigenvalue weighted by Crippen LogP contribution is 2.60. The van der Waals surface area contributed by atoms with Gasteiger partial charge in [0.2, 0.25) is 0 Å². The standard InChI is InChI=1S/C20H20N2O6S2/c1-20(2,3)12-6-13(27-9-14(23)25-4)17-18(16(12)28-10-15(24)26-5)30-19(29-17)11(7-21)8-22/h6H,9-10H2,1-5H3. The number of esters is 2. The van der Waals surface area contributed by atoms with E-state index >= 15 is 0 Å². The van der Waals surface area contributed by atoms with Gasteiger partial charge in [-0.25, -0.2) is 9.59 Å². The normalized spacial score (nSPS) is 12.3. The summed E-state index contributed by atoms with van der Waals surface area (Å²) < 4.78 is 21.3. The van der Waals surface area contributed by atoms with E-state index in [-0.39, 0.29) is 18.8 Å². The molecular weight excluding hydrogens is 428 g/mol. The Balaban J connectivity index is 2.65. The zero-order chi connectivity index (χ0) is 22.5. The highest BCUT2D eigenvalue weighted by Gasteiger charge is 2.34. The van der Waals surface area contributed by atoms with Gasteiger partial charge in [-0.15, -0.1) is 0 Å². The van der Waals surface area contributed by atoms with Crippen LogP contribution in [-0.2, 0) is 24.5 Å². The number of nitrogens with zero attached hydrogens (tertiary/aromatic N) is 2. The molecule has 8 nitrogen and oxygen atoms in total. The zero-order valence-corrected chi connectivity index (χ0v) is 18.8. The SMILES string of the molecule is COC(=O)COc1cc(C(C)(C)C)c(OCC(=O)OC)c2c1SC(=C(C#N)C#N)S2. The van der Waals surface area contributed by atoms with Crippen molar-refractivity contribution in [3.63, 3.8) is 0 Å². The number of carbonyl (C=O) groups excluding carboxylic acids is 2. The van der Waals surface area contributed by atoms with Crippen LogP contribution >= 0.6 is 23.5 Å². The lowest BCUT2D eigenvalue weighted by Gasteiger charge is -2.25. The van der Waals surface area contributed by atoms with E-state index in [4.69, 9.17) is 9.47 Å². The van der Waals surface area contributed by atoms with Crippen molar-refractivity contribution in [2.24, 2.45) is 0 Å². The molecule has 10 heteroatoms. The molecule has 0 saturated carbocycles. The minimum Gasteiger partial charge on any atom is -0.481 e. The van der Waals surface area contributed by atoms with Gasteiger partial charge in [0.15, 0.2) is 13.2 Å². The van der Waals surface area contributed by atoms with Gasteiger partial charge in [-0.1, -0.05) is 44.3 Å². The summed E-state index contributed by atoms with van der Waals surface area (Å²) in [7, 11) is 2.53. The summed E-state index contributed by atoms with van der Waals surface area (Å²) in [6.07, 6.45) is 0. The van der Waals surface area contributed by atoms with Gasteiger partial charge >= 0.3 is 11.9 Å². The van der Waals surface area contributed by atoms with Crippen LogP contribution in [0.1, 0.15) is 26.3 Å². The molecule has 158 valence electrons. The summed E-state index contributed by atoms with van der Waals surface area (Å²) in [6.45, 7) is 5.28. The molecule has 0 amide bonds. The first kappa shape index (κ1) is 23.5. The van der Waals surface area contributed by atoms with E-state index in [1.54, 1.807) is 6.07 Å². The Labute approximate surface area is 183 Å². The second-order valence-electron chi connectivity index (χ2n) is 6.98. The summed E-state index contributed by atoms with van der Waals surface area (Å²) in [5, 5.41) is 18.5. The summed E-state index contributed by atoms with van der Waals surface area (Å²) in [5.74, 6) is -0.256. The van der Waals surface area contributed by atoms with Crippen LogP contribution in [0.4, 0.5) is 0 Å². The predicted molar refractivity (Wildman–Crippen MR) is 110 cm³/mol. The first-order valence-corrected chi connectivity index (χ1v) is 10.3. The Kier molecular flexibility index (Phi) is 7.65. The number of benzene rings is 1. The highest BCUT2D eigenvalue weighted by molar-refractivity contribution is 8.24. The predicted octanol–water partition coefficient (Wildman–Crippen LogP) is 3.54. The topological polar surface area (TPSA) is 119 Å². The Morgan fingerprint density at radius 3 is 2.00 bits per heavy atom. The molecule has 0 radical (unpaired) electrons. The van der Waals surface area contributed by atoms with Crippen LogP contribution in [0.25, 0.3) is 0 Å². The van der Waals surface area contributed by atoms with E-state index in [1.807, 2.05) is 32.9 Å². The van der Waals surface area contributed by atoms with Crippen LogP contribution in [0.15, 0.2) is 25.7 Å². The van der Waals surface area contributed by atoms with E-state index in [0.29, 0.717) is 25.5 Å². The molecule has 0 aliphatic carbocycles. The minimum atomic E-state index is -0.548. The van der Waals surface area contributed by atoms with Crippen LogP contribution in [0.5, 0.6) is 11.5 Å². The van der Waals surface area contributed by atoms with Crippen molar-refractivity contribution in [1.29, 1.82) is 10.5 Å². The number of allylic oxidation sites excluding steroid dienone is 1. The van der Waals surface area contributed by atoms with Crippen LogP contribution in [-0.4, -0.2) is 39.4 Å². The van der Waals surface area contributed by atoms with Crippen molar-refractivity contribution in [3.05, 3.63) is 21.4 Å². The first-order chi connectivity index (χ1) is 14.2. The lowest BCUT2D eigenvalue weighted by molar-refractivity contribution is -0.143. The first-order valence-electron chi connectivity index (χ1n) is 8.67. The van der Waals surface area contributed by atoms with Crippen molar-refractivity contribution >= 4 is 35.5 Å². The Bertz CT molecular complexity index is 967. The molecule has 2 rings (SSSR count). The number of carbonyl (C=O) groups is 2. The van der Waals surface area contributed by atoms with Gasteiger partial charge in [-0.05, 0) is 11.5 Å².